The molecule has 37 heavy (non-hydrogen) atoms. The number of hydrogen-bond donors (Lipinski definition) is 5. The Kier molecular flexibility index (Phi) is 14.0. The number of rotatable bonds is 5. The van der Waals surface area contributed by atoms with Crippen LogP contribution in [0.1, 0.15) is 48.1 Å². The fraction of sp³-hybridized carbons (Fsp3) is 0.360. The summed E-state index contributed by atoms with van der Waals surface area (Å²) >= 11 is 6.23. The molecule has 9 nitrogen and oxygen atoms in total. The fourth-order valence-corrected chi connectivity index (χ4v) is 4.52. The molecule has 1 aliphatic heterocycles. The summed E-state index contributed by atoms with van der Waals surface area (Å²) in [6.07, 6.45) is 3.90. The predicted octanol–water partition coefficient (Wildman–Crippen LogP) is -3.22. The minimum atomic E-state index is -2.74. The molecule has 0 saturated carbocycles. The number of halogens is 1. The van der Waals surface area contributed by atoms with E-state index in [0.717, 1.165) is 43.8 Å². The van der Waals surface area contributed by atoms with Crippen LogP contribution in [0.15, 0.2) is 42.1 Å². The van der Waals surface area contributed by atoms with Crippen LogP contribution in [0.25, 0.3) is 5.57 Å². The van der Waals surface area contributed by atoms with Crippen molar-refractivity contribution < 1.29 is 93.9 Å². The third-order valence-corrected chi connectivity index (χ3v) is 6.21. The van der Waals surface area contributed by atoms with Gasteiger partial charge >= 0.3 is 77.0 Å². The van der Waals surface area contributed by atoms with E-state index in [1.165, 1.54) is 33.5 Å². The Bertz CT molecular complexity index is 1150. The van der Waals surface area contributed by atoms with Crippen LogP contribution in [0.4, 0.5) is 0 Å². The summed E-state index contributed by atoms with van der Waals surface area (Å²) in [6, 6.07) is 10.6. The van der Waals surface area contributed by atoms with E-state index < -0.39 is 36.4 Å². The van der Waals surface area contributed by atoms with Gasteiger partial charge in [0, 0.05) is 16.8 Å². The van der Waals surface area contributed by atoms with Gasteiger partial charge in [0.2, 0.25) is 0 Å². The number of nitrogens with zero attached hydrogens (tertiary/aromatic N) is 1. The smallest absolute Gasteiger partial charge is 0.481 e. The van der Waals surface area contributed by atoms with Crippen LogP contribution in [0, 0.1) is 0 Å². The number of aliphatic carboxylic acids is 3. The molecule has 4 rings (SSSR count). The van der Waals surface area contributed by atoms with Gasteiger partial charge in [0.1, 0.15) is 0 Å². The van der Waals surface area contributed by atoms with Crippen LogP contribution in [-0.4, -0.2) is 62.0 Å². The summed E-state index contributed by atoms with van der Waals surface area (Å²) in [5.41, 5.74) is 5.38. The van der Waals surface area contributed by atoms with Crippen molar-refractivity contribution in [1.29, 1.82) is 0 Å². The van der Waals surface area contributed by atoms with Gasteiger partial charge < -0.3 is 25.7 Å². The van der Waals surface area contributed by atoms with Crippen LogP contribution in [0.5, 0.6) is 0 Å². The quantitative estimate of drug-likeness (QED) is 0.242. The monoisotopic (exact) mass is 548 g/mol. The van der Waals surface area contributed by atoms with E-state index in [4.69, 9.17) is 37.0 Å². The van der Waals surface area contributed by atoms with Crippen molar-refractivity contribution in [1.82, 2.24) is 10.3 Å². The van der Waals surface area contributed by atoms with Crippen LogP contribution in [0.2, 0.25) is 5.02 Å². The number of pyridine rings is 1. The summed E-state index contributed by atoms with van der Waals surface area (Å²) in [5, 5.41) is 38.1. The number of benzene rings is 1. The van der Waals surface area contributed by atoms with Gasteiger partial charge in [-0.25, -0.2) is 4.79 Å². The number of piperidine rings is 1. The maximum atomic E-state index is 10.3. The molecule has 0 atom stereocenters. The van der Waals surface area contributed by atoms with E-state index in [-0.39, 0.29) is 59.1 Å². The molecule has 1 aliphatic carbocycles. The molecule has 1 saturated heterocycles. The Morgan fingerprint density at radius 3 is 2.08 bits per heavy atom. The largest absolute Gasteiger partial charge is 1.00 e. The molecule has 5 N–H and O–H groups in total. The zero-order valence-corrected chi connectivity index (χ0v) is 25.7. The van der Waals surface area contributed by atoms with Crippen LogP contribution in [0.3, 0.4) is 0 Å². The molecule has 186 valence electrons. The average Bonchev–Trinajstić information content (AvgIpc) is 2.95. The van der Waals surface area contributed by atoms with Crippen LogP contribution >= 0.6 is 11.6 Å². The molecule has 0 unspecified atom stereocenters. The van der Waals surface area contributed by atoms with E-state index in [9.17, 15) is 14.4 Å². The summed E-state index contributed by atoms with van der Waals surface area (Å²) in [4.78, 5) is 35.2. The van der Waals surface area contributed by atoms with Gasteiger partial charge in [-0.05, 0) is 73.7 Å². The molecule has 0 bridgehead atoms. The van der Waals surface area contributed by atoms with E-state index >= 15 is 0 Å². The van der Waals surface area contributed by atoms with Crippen molar-refractivity contribution in [3.8, 4) is 0 Å². The SMILES string of the molecule is Clc1ccc2c(c1)CCc1cccnc1C2=C1CCNCC1.O=C(O)CC(O)(CC(=O)O)C(=O)O.[Na+].[Na+]. The molecular formula is C25H27ClN2Na2O7+2. The molecule has 0 radical (unpaired) electrons. The van der Waals surface area contributed by atoms with Crippen LogP contribution < -0.4 is 64.4 Å². The number of aryl methyl sites for hydroxylation is 2. The maximum Gasteiger partial charge on any atom is 1.00 e. The maximum absolute atomic E-state index is 10.3. The number of fused-ring (bicyclic) bond motifs is 2. The molecule has 2 heterocycles. The number of nitrogens with one attached hydrogen (secondary N) is 1. The van der Waals surface area contributed by atoms with Crippen LogP contribution in [-0.2, 0) is 27.2 Å². The van der Waals surface area contributed by atoms with Gasteiger partial charge in [0.15, 0.2) is 5.60 Å². The minimum Gasteiger partial charge on any atom is -0.481 e. The van der Waals surface area contributed by atoms with Crippen molar-refractivity contribution >= 4 is 35.1 Å². The van der Waals surface area contributed by atoms with E-state index in [2.05, 4.69) is 23.5 Å². The van der Waals surface area contributed by atoms with E-state index in [0.29, 0.717) is 0 Å². The number of hydrogen-bond acceptors (Lipinski definition) is 6. The third-order valence-electron chi connectivity index (χ3n) is 5.97. The number of carboxylic acids is 3. The van der Waals surface area contributed by atoms with Crippen molar-refractivity contribution in [2.75, 3.05) is 13.1 Å². The average molecular weight is 549 g/mol. The van der Waals surface area contributed by atoms with Gasteiger partial charge in [-0.15, -0.1) is 0 Å². The molecule has 0 spiro atoms. The molecule has 0 amide bonds. The Morgan fingerprint density at radius 2 is 1.51 bits per heavy atom. The molecule has 2 aromatic rings. The van der Waals surface area contributed by atoms with Gasteiger partial charge in [-0.2, -0.15) is 0 Å². The van der Waals surface area contributed by atoms with Gasteiger partial charge in [0.05, 0.1) is 18.5 Å². The Hall–Kier alpha value is -1.27. The van der Waals surface area contributed by atoms with Gasteiger partial charge in [-0.1, -0.05) is 29.3 Å². The van der Waals surface area contributed by atoms with Gasteiger partial charge in [0.25, 0.3) is 0 Å². The number of aromatic nitrogens is 1. The fourth-order valence-electron chi connectivity index (χ4n) is 4.33. The van der Waals surface area contributed by atoms with Crippen molar-refractivity contribution in [3.05, 3.63) is 69.5 Å². The number of aliphatic hydroxyl groups is 1. The molecule has 1 fully saturated rings. The van der Waals surface area contributed by atoms with Crippen molar-refractivity contribution in [2.45, 2.75) is 44.1 Å². The first-order valence-corrected chi connectivity index (χ1v) is 11.5. The molecule has 1 aromatic carbocycles. The molecule has 1 aromatic heterocycles. The summed E-state index contributed by atoms with van der Waals surface area (Å²) in [6.45, 7) is 2.12. The second-order valence-corrected chi connectivity index (χ2v) is 8.96. The van der Waals surface area contributed by atoms with E-state index in [1.54, 1.807) is 0 Å². The molecule has 12 heteroatoms. The second kappa shape index (κ2) is 15.4. The summed E-state index contributed by atoms with van der Waals surface area (Å²) < 4.78 is 0. The third kappa shape index (κ3) is 9.16. The second-order valence-electron chi connectivity index (χ2n) is 8.52. The van der Waals surface area contributed by atoms with Gasteiger partial charge in [-0.3, -0.25) is 14.6 Å². The summed E-state index contributed by atoms with van der Waals surface area (Å²) in [5.74, 6) is -5.02. The Balaban J connectivity index is 0.000000401. The first kappa shape index (κ1) is 33.8. The molecule has 2 aliphatic rings. The Morgan fingerprint density at radius 1 is 0.919 bits per heavy atom. The van der Waals surface area contributed by atoms with Crippen molar-refractivity contribution in [2.24, 2.45) is 0 Å². The normalized spacial score (nSPS) is 14.3. The van der Waals surface area contributed by atoms with E-state index in [1.807, 2.05) is 18.3 Å². The zero-order valence-electron chi connectivity index (χ0n) is 21.0. The predicted molar refractivity (Wildman–Crippen MR) is 128 cm³/mol. The summed E-state index contributed by atoms with van der Waals surface area (Å²) in [7, 11) is 0. The number of carboxylic acid groups (broad SMARTS) is 3. The zero-order chi connectivity index (χ0) is 25.6. The number of carbonyl (C=O) groups is 3. The minimum absolute atomic E-state index is 0. The topological polar surface area (TPSA) is 157 Å². The standard InChI is InChI=1S/C19H19ClN2.C6H8O7.2Na/c20-16-5-6-17-15(12-16)4-3-14-2-1-9-22-19(14)18(17)13-7-10-21-11-8-13;7-3(8)1-6(13,5(11)12)2-4(9)10;;/h1-2,5-6,9,12,21H,3-4,7-8,10-11H2;13H,1-2H2,(H,7,8)(H,9,10)(H,11,12);;/q;;2*+1. The van der Waals surface area contributed by atoms with Crippen molar-refractivity contribution in [3.63, 3.8) is 0 Å². The first-order valence-electron chi connectivity index (χ1n) is 11.2. The Labute approximate surface area is 263 Å². The first-order chi connectivity index (χ1) is 16.6. The molecular weight excluding hydrogens is 522 g/mol.